The molecule has 0 aromatic heterocycles. The summed E-state index contributed by atoms with van der Waals surface area (Å²) in [5, 5.41) is 0. The van der Waals surface area contributed by atoms with Crippen LogP contribution in [0.3, 0.4) is 0 Å². The molecule has 0 spiro atoms. The number of Topliss-reactive ketones (excluding diaryl/α,β-unsaturated/α-hetero) is 1. The van der Waals surface area contributed by atoms with Crippen molar-refractivity contribution in [2.24, 2.45) is 0 Å². The van der Waals surface area contributed by atoms with Gasteiger partial charge in [-0.15, -0.1) is 0 Å². The molecule has 1 fully saturated rings. The smallest absolute Gasteiger partial charge is 0.186 e. The minimum Gasteiger partial charge on any atom is -0.289 e. The Morgan fingerprint density at radius 1 is 1.10 bits per heavy atom. The van der Waals surface area contributed by atoms with E-state index in [2.05, 4.69) is 0 Å². The van der Waals surface area contributed by atoms with E-state index in [1.165, 1.54) is 0 Å². The van der Waals surface area contributed by atoms with Crippen molar-refractivity contribution in [3.63, 3.8) is 0 Å². The van der Waals surface area contributed by atoms with Crippen LogP contribution in [0, 0.1) is 0 Å². The molecule has 0 aliphatic carbocycles. The van der Waals surface area contributed by atoms with Crippen LogP contribution in [-0.4, -0.2) is 17.3 Å². The van der Waals surface area contributed by atoms with Crippen molar-refractivity contribution in [2.45, 2.75) is 13.8 Å². The predicted molar refractivity (Wildman–Crippen MR) is 93.4 cm³/mol. The molecule has 0 saturated carbocycles. The zero-order chi connectivity index (χ0) is 15.1. The lowest BCUT2D eigenvalue weighted by molar-refractivity contribution is -0.112. The third kappa shape index (κ3) is 4.33. The van der Waals surface area contributed by atoms with Gasteiger partial charge in [0.05, 0.1) is 0 Å². The van der Waals surface area contributed by atoms with Crippen molar-refractivity contribution in [1.29, 1.82) is 0 Å². The van der Waals surface area contributed by atoms with Gasteiger partial charge in [-0.05, 0) is 37.1 Å². The first-order valence-corrected chi connectivity index (χ1v) is 8.27. The van der Waals surface area contributed by atoms with Gasteiger partial charge in [0.25, 0.3) is 0 Å². The average Bonchev–Trinajstić information content (AvgIpc) is 2.51. The third-order valence-corrected chi connectivity index (χ3v) is 4.30. The van der Waals surface area contributed by atoms with Gasteiger partial charge in [0.2, 0.25) is 0 Å². The largest absolute Gasteiger partial charge is 0.289 e. The molecule has 0 N–H and O–H groups in total. The zero-order valence-electron chi connectivity index (χ0n) is 12.5. The van der Waals surface area contributed by atoms with E-state index in [0.29, 0.717) is 0 Å². The van der Waals surface area contributed by atoms with Crippen LogP contribution in [0.5, 0.6) is 0 Å². The molecule has 0 atom stereocenters. The standard InChI is InChI=1S/C19H20OS/c1-3-8-15(4-2)11-17-13-21-14-18(19(17)20)12-16-9-6-5-7-10-16/h3-12H,13-14H2,1-2H3/b8-3-,15-4+,17-11+,18-12+. The van der Waals surface area contributed by atoms with Gasteiger partial charge in [0.1, 0.15) is 0 Å². The Morgan fingerprint density at radius 3 is 2.48 bits per heavy atom. The highest BCUT2D eigenvalue weighted by Crippen LogP contribution is 2.26. The lowest BCUT2D eigenvalue weighted by Gasteiger charge is -2.16. The second-order valence-electron chi connectivity index (χ2n) is 4.86. The molecule has 1 aliphatic rings. The number of benzene rings is 1. The Labute approximate surface area is 131 Å². The molecule has 1 heterocycles. The molecule has 2 rings (SSSR count). The van der Waals surface area contributed by atoms with Crippen LogP contribution < -0.4 is 0 Å². The summed E-state index contributed by atoms with van der Waals surface area (Å²) in [5.41, 5.74) is 3.95. The second-order valence-corrected chi connectivity index (χ2v) is 5.85. The van der Waals surface area contributed by atoms with Gasteiger partial charge in [-0.3, -0.25) is 4.79 Å². The van der Waals surface area contributed by atoms with Crippen LogP contribution in [0.2, 0.25) is 0 Å². The fourth-order valence-electron chi connectivity index (χ4n) is 2.19. The molecule has 1 aromatic rings. The molecule has 2 heteroatoms. The minimum atomic E-state index is 0.182. The Hall–Kier alpha value is -1.80. The van der Waals surface area contributed by atoms with Crippen molar-refractivity contribution in [1.82, 2.24) is 0 Å². The highest BCUT2D eigenvalue weighted by molar-refractivity contribution is 7.99. The first-order chi connectivity index (χ1) is 10.2. The molecule has 0 bridgehead atoms. The van der Waals surface area contributed by atoms with Gasteiger partial charge in [-0.25, -0.2) is 0 Å². The lowest BCUT2D eigenvalue weighted by atomic mass is 10.0. The third-order valence-electron chi connectivity index (χ3n) is 3.27. The fraction of sp³-hybridized carbons (Fsp3) is 0.211. The second kappa shape index (κ2) is 7.84. The SMILES string of the molecule is C\C=C/C(/C=C1\CSC/C(=C\c2ccccc2)C1=O)=C\C. The summed E-state index contributed by atoms with van der Waals surface area (Å²) >= 11 is 1.80. The first-order valence-electron chi connectivity index (χ1n) is 7.12. The molecule has 1 saturated heterocycles. The summed E-state index contributed by atoms with van der Waals surface area (Å²) in [6.45, 7) is 3.98. The molecule has 1 aromatic carbocycles. The van der Waals surface area contributed by atoms with Gasteiger partial charge >= 0.3 is 0 Å². The summed E-state index contributed by atoms with van der Waals surface area (Å²) in [6.07, 6.45) is 10.1. The van der Waals surface area contributed by atoms with Gasteiger partial charge < -0.3 is 0 Å². The molecule has 0 amide bonds. The van der Waals surface area contributed by atoms with Crippen LogP contribution >= 0.6 is 11.8 Å². The van der Waals surface area contributed by atoms with E-state index in [-0.39, 0.29) is 5.78 Å². The quantitative estimate of drug-likeness (QED) is 0.587. The van der Waals surface area contributed by atoms with Gasteiger partial charge in [0, 0.05) is 22.7 Å². The predicted octanol–water partition coefficient (Wildman–Crippen LogP) is 4.83. The number of ketones is 1. The van der Waals surface area contributed by atoms with Gasteiger partial charge in [0.15, 0.2) is 5.78 Å². The summed E-state index contributed by atoms with van der Waals surface area (Å²) in [5.74, 6) is 1.76. The van der Waals surface area contributed by atoms with E-state index in [4.69, 9.17) is 0 Å². The molecule has 0 radical (unpaired) electrons. The molecular weight excluding hydrogens is 276 g/mol. The van der Waals surface area contributed by atoms with Crippen LogP contribution in [0.25, 0.3) is 6.08 Å². The maximum absolute atomic E-state index is 12.6. The average molecular weight is 296 g/mol. The van der Waals surface area contributed by atoms with Crippen molar-refractivity contribution < 1.29 is 4.79 Å². The molecule has 1 nitrogen and oxygen atoms in total. The van der Waals surface area contributed by atoms with Crippen LogP contribution in [-0.2, 0) is 4.79 Å². The lowest BCUT2D eigenvalue weighted by Crippen LogP contribution is -2.16. The zero-order valence-corrected chi connectivity index (χ0v) is 13.3. The molecule has 21 heavy (non-hydrogen) atoms. The fourth-order valence-corrected chi connectivity index (χ4v) is 3.17. The maximum atomic E-state index is 12.6. The number of allylic oxidation sites excluding steroid dienone is 5. The van der Waals surface area contributed by atoms with E-state index < -0.39 is 0 Å². The summed E-state index contributed by atoms with van der Waals surface area (Å²) in [4.78, 5) is 12.6. The van der Waals surface area contributed by atoms with Crippen LogP contribution in [0.15, 0.2) is 71.4 Å². The van der Waals surface area contributed by atoms with Crippen molar-refractivity contribution in [3.05, 3.63) is 76.9 Å². The monoisotopic (exact) mass is 296 g/mol. The Bertz CT molecular complexity index is 618. The number of thioether (sulfide) groups is 1. The number of carbonyl (C=O) groups is 1. The summed E-state index contributed by atoms with van der Waals surface area (Å²) < 4.78 is 0. The van der Waals surface area contributed by atoms with E-state index in [1.807, 2.05) is 74.6 Å². The number of hydrogen-bond acceptors (Lipinski definition) is 2. The van der Waals surface area contributed by atoms with Crippen LogP contribution in [0.4, 0.5) is 0 Å². The Balaban J connectivity index is 2.26. The van der Waals surface area contributed by atoms with Crippen molar-refractivity contribution >= 4 is 23.6 Å². The Kier molecular flexibility index (Phi) is 5.82. The highest BCUT2D eigenvalue weighted by atomic mass is 32.2. The normalized spacial score (nSPS) is 20.7. The molecule has 108 valence electrons. The first kappa shape index (κ1) is 15.6. The van der Waals surface area contributed by atoms with Crippen molar-refractivity contribution in [3.8, 4) is 0 Å². The Morgan fingerprint density at radius 2 is 1.81 bits per heavy atom. The van der Waals surface area contributed by atoms with Crippen LogP contribution in [0.1, 0.15) is 19.4 Å². The summed E-state index contributed by atoms with van der Waals surface area (Å²) in [7, 11) is 0. The highest BCUT2D eigenvalue weighted by Gasteiger charge is 2.20. The van der Waals surface area contributed by atoms with E-state index >= 15 is 0 Å². The van der Waals surface area contributed by atoms with E-state index in [1.54, 1.807) is 11.8 Å². The minimum absolute atomic E-state index is 0.182. The topological polar surface area (TPSA) is 17.1 Å². The number of rotatable bonds is 3. The van der Waals surface area contributed by atoms with E-state index in [0.717, 1.165) is 33.8 Å². The number of hydrogen-bond donors (Lipinski definition) is 0. The number of carbonyl (C=O) groups excluding carboxylic acids is 1. The van der Waals surface area contributed by atoms with Gasteiger partial charge in [-0.1, -0.05) is 48.6 Å². The van der Waals surface area contributed by atoms with Crippen molar-refractivity contribution in [2.75, 3.05) is 11.5 Å². The molecule has 0 unspecified atom stereocenters. The molecule has 1 aliphatic heterocycles. The summed E-state index contributed by atoms with van der Waals surface area (Å²) in [6, 6.07) is 10.0. The maximum Gasteiger partial charge on any atom is 0.186 e. The molecular formula is C19H20OS. The van der Waals surface area contributed by atoms with E-state index in [9.17, 15) is 4.79 Å². The van der Waals surface area contributed by atoms with Gasteiger partial charge in [-0.2, -0.15) is 11.8 Å².